The minimum atomic E-state index is -1.62. The molecule has 0 fully saturated rings. The molecule has 0 aliphatic carbocycles. The molecule has 45 heavy (non-hydrogen) atoms. The van der Waals surface area contributed by atoms with Crippen molar-refractivity contribution in [1.82, 2.24) is 0 Å². The summed E-state index contributed by atoms with van der Waals surface area (Å²) in [5.74, 6) is 0. The Labute approximate surface area is 278 Å². The fraction of sp³-hybridized carbons (Fsp3) is 0.610. The number of rotatable bonds is 24. The first kappa shape index (κ1) is 42.8. The molecule has 0 unspecified atom stereocenters. The van der Waals surface area contributed by atoms with Crippen molar-refractivity contribution in [2.75, 3.05) is 26.4 Å². The van der Waals surface area contributed by atoms with Crippen LogP contribution in [0.5, 0.6) is 0 Å². The summed E-state index contributed by atoms with van der Waals surface area (Å²) in [5, 5.41) is 0. The van der Waals surface area contributed by atoms with Crippen LogP contribution in [-0.4, -0.2) is 32.6 Å². The highest BCUT2D eigenvalue weighted by Crippen LogP contribution is 2.21. The van der Waals surface area contributed by atoms with Crippen LogP contribution in [0, 0.1) is 0 Å². The topological polar surface area (TPSA) is 36.9 Å². The fourth-order valence-corrected chi connectivity index (χ4v) is 4.16. The van der Waals surface area contributed by atoms with Crippen molar-refractivity contribution in [1.29, 1.82) is 0 Å². The second kappa shape index (κ2) is 25.9. The maximum absolute atomic E-state index is 6.34. The van der Waals surface area contributed by atoms with Crippen LogP contribution in [0.25, 0.3) is 0 Å². The lowest BCUT2D eigenvalue weighted by Gasteiger charge is -2.31. The van der Waals surface area contributed by atoms with Crippen molar-refractivity contribution < 1.29 is 18.9 Å². The van der Waals surface area contributed by atoms with E-state index in [9.17, 15) is 0 Å². The van der Waals surface area contributed by atoms with Gasteiger partial charge in [-0.25, -0.2) is 0 Å². The van der Waals surface area contributed by atoms with E-state index in [4.69, 9.17) is 18.9 Å². The first-order chi connectivity index (χ1) is 21.2. The molecule has 0 heterocycles. The summed E-state index contributed by atoms with van der Waals surface area (Å²) in [4.78, 5) is 0. The van der Waals surface area contributed by atoms with E-state index in [2.05, 4.69) is 132 Å². The van der Waals surface area contributed by atoms with E-state index in [0.29, 0.717) is 26.4 Å². The first-order valence-corrected chi connectivity index (χ1v) is 17.0. The smallest absolute Gasteiger partial charge is 0.299 e. The van der Waals surface area contributed by atoms with E-state index >= 15 is 0 Å². The average Bonchev–Trinajstić information content (AvgIpc) is 2.92. The van der Waals surface area contributed by atoms with Crippen LogP contribution in [0.4, 0.5) is 0 Å². The zero-order chi connectivity index (χ0) is 34.1. The summed E-state index contributed by atoms with van der Waals surface area (Å²) in [6.45, 7) is 27.0. The van der Waals surface area contributed by atoms with E-state index < -0.39 is 6.16 Å². The Morgan fingerprint density at radius 2 is 0.533 bits per heavy atom. The normalized spacial score (nSPS) is 13.1. The second-order valence-corrected chi connectivity index (χ2v) is 13.2. The third-order valence-electron chi connectivity index (χ3n) is 7.13. The molecule has 0 atom stereocenters. The van der Waals surface area contributed by atoms with Crippen LogP contribution in [0.15, 0.2) is 93.2 Å². The predicted molar refractivity (Wildman–Crippen MR) is 196 cm³/mol. The molecule has 0 bridgehead atoms. The molecule has 0 spiro atoms. The molecule has 0 aliphatic heterocycles. The number of ether oxygens (including phenoxy) is 4. The third kappa shape index (κ3) is 26.7. The minimum Gasteiger partial charge on any atom is -0.299 e. The summed E-state index contributed by atoms with van der Waals surface area (Å²) >= 11 is 0. The molecule has 0 rings (SSSR count). The largest absolute Gasteiger partial charge is 0.413 e. The van der Waals surface area contributed by atoms with Crippen LogP contribution >= 0.6 is 0 Å². The van der Waals surface area contributed by atoms with Gasteiger partial charge < -0.3 is 0 Å². The Balaban J connectivity index is 5.97. The Kier molecular flexibility index (Phi) is 24.6. The van der Waals surface area contributed by atoms with Crippen molar-refractivity contribution in [3.63, 3.8) is 0 Å². The summed E-state index contributed by atoms with van der Waals surface area (Å²) in [7, 11) is 0. The van der Waals surface area contributed by atoms with Crippen molar-refractivity contribution >= 4 is 0 Å². The average molecular weight is 625 g/mol. The van der Waals surface area contributed by atoms with Gasteiger partial charge in [0, 0.05) is 0 Å². The van der Waals surface area contributed by atoms with E-state index in [1.807, 2.05) is 0 Å². The predicted octanol–water partition coefficient (Wildman–Crippen LogP) is 12.4. The van der Waals surface area contributed by atoms with Gasteiger partial charge in [0.2, 0.25) is 0 Å². The zero-order valence-corrected chi connectivity index (χ0v) is 31.2. The van der Waals surface area contributed by atoms with Crippen molar-refractivity contribution in [3.05, 3.63) is 93.2 Å². The van der Waals surface area contributed by atoms with Crippen molar-refractivity contribution in [2.45, 2.75) is 141 Å². The van der Waals surface area contributed by atoms with Crippen molar-refractivity contribution in [2.24, 2.45) is 0 Å². The number of hydrogen-bond donors (Lipinski definition) is 0. The summed E-state index contributed by atoms with van der Waals surface area (Å²) in [6, 6.07) is 0. The first-order valence-electron chi connectivity index (χ1n) is 17.0. The van der Waals surface area contributed by atoms with Crippen LogP contribution < -0.4 is 0 Å². The standard InChI is InChI=1S/C41H68O4/c1-33(2)17-13-21-37(9)25-29-42-41(43-30-26-38(10)22-14-18-34(3)4,44-31-27-39(11)23-15-19-35(5)6)45-32-28-40(12)24-16-20-36(7)8/h17-20,25-28H,13-16,21-24,29-32H2,1-12H3/b37-25+,38-26+,39-27+,40-28+. The van der Waals surface area contributed by atoms with Gasteiger partial charge in [0.05, 0.1) is 26.4 Å². The van der Waals surface area contributed by atoms with Gasteiger partial charge >= 0.3 is 6.16 Å². The second-order valence-electron chi connectivity index (χ2n) is 13.2. The fourth-order valence-electron chi connectivity index (χ4n) is 4.16. The highest BCUT2D eigenvalue weighted by Gasteiger charge is 2.35. The maximum atomic E-state index is 6.34. The summed E-state index contributed by atoms with van der Waals surface area (Å²) < 4.78 is 25.3. The Morgan fingerprint density at radius 1 is 0.333 bits per heavy atom. The summed E-state index contributed by atoms with van der Waals surface area (Å²) in [5.41, 5.74) is 10.4. The van der Waals surface area contributed by atoms with Gasteiger partial charge in [0.25, 0.3) is 0 Å². The molecule has 0 saturated heterocycles. The molecule has 0 N–H and O–H groups in total. The lowest BCUT2D eigenvalue weighted by atomic mass is 10.1. The summed E-state index contributed by atoms with van der Waals surface area (Å²) in [6.07, 6.45) is 23.9. The van der Waals surface area contributed by atoms with Crippen LogP contribution in [0.3, 0.4) is 0 Å². The molecule has 0 saturated carbocycles. The highest BCUT2D eigenvalue weighted by atomic mass is 17.0. The molecule has 256 valence electrons. The van der Waals surface area contributed by atoms with Gasteiger partial charge in [-0.1, -0.05) is 93.2 Å². The molecule has 0 aliphatic rings. The van der Waals surface area contributed by atoms with E-state index in [0.717, 1.165) is 51.4 Å². The van der Waals surface area contributed by atoms with Crippen LogP contribution in [0.1, 0.15) is 134 Å². The van der Waals surface area contributed by atoms with Gasteiger partial charge in [-0.05, 0) is 134 Å². The molecule has 0 aromatic carbocycles. The molecule has 4 heteroatoms. The number of allylic oxidation sites excluding steroid dienone is 12. The van der Waals surface area contributed by atoms with Crippen LogP contribution in [-0.2, 0) is 18.9 Å². The van der Waals surface area contributed by atoms with E-state index in [-0.39, 0.29) is 0 Å². The molecule has 0 amide bonds. The molecular formula is C41H68O4. The van der Waals surface area contributed by atoms with Gasteiger partial charge in [-0.15, -0.1) is 0 Å². The van der Waals surface area contributed by atoms with Gasteiger partial charge in [0.1, 0.15) is 0 Å². The Morgan fingerprint density at radius 3 is 0.711 bits per heavy atom. The molecule has 4 nitrogen and oxygen atoms in total. The van der Waals surface area contributed by atoms with Gasteiger partial charge in [-0.2, -0.15) is 0 Å². The number of hydrogen-bond acceptors (Lipinski definition) is 4. The highest BCUT2D eigenvalue weighted by molar-refractivity contribution is 5.05. The van der Waals surface area contributed by atoms with Crippen LogP contribution in [0.2, 0.25) is 0 Å². The zero-order valence-electron chi connectivity index (χ0n) is 31.2. The molecule has 0 aromatic rings. The quantitative estimate of drug-likeness (QED) is 0.0791. The van der Waals surface area contributed by atoms with E-state index in [1.165, 1.54) is 44.6 Å². The lowest BCUT2D eigenvalue weighted by Crippen LogP contribution is -2.43. The monoisotopic (exact) mass is 625 g/mol. The van der Waals surface area contributed by atoms with E-state index in [1.54, 1.807) is 0 Å². The molecular weight excluding hydrogens is 556 g/mol. The van der Waals surface area contributed by atoms with Crippen molar-refractivity contribution in [3.8, 4) is 0 Å². The Bertz CT molecular complexity index is 885. The molecule has 0 aromatic heterocycles. The third-order valence-corrected chi connectivity index (χ3v) is 7.13. The maximum Gasteiger partial charge on any atom is 0.413 e. The van der Waals surface area contributed by atoms with Gasteiger partial charge in [0.15, 0.2) is 0 Å². The van der Waals surface area contributed by atoms with Gasteiger partial charge in [-0.3, -0.25) is 18.9 Å². The Hall–Kier alpha value is -2.24. The lowest BCUT2D eigenvalue weighted by molar-refractivity contribution is -0.490. The minimum absolute atomic E-state index is 0.330. The molecule has 0 radical (unpaired) electrons. The SMILES string of the molecule is CC(C)=CCC/C(C)=C/COC(OC/C=C(\C)CCC=C(C)C)(OC/C=C(\C)CCC=C(C)C)OC/C=C(\C)CCC=C(C)C.